The van der Waals surface area contributed by atoms with Crippen LogP contribution >= 0.6 is 27.3 Å². The Balaban J connectivity index is 2.81. The summed E-state index contributed by atoms with van der Waals surface area (Å²) in [5, 5.41) is 0. The Labute approximate surface area is 163 Å². The Morgan fingerprint density at radius 3 is 2.12 bits per heavy atom. The molecule has 0 spiro atoms. The zero-order valence-corrected chi connectivity index (χ0v) is 19.8. The molecule has 1 rings (SSSR count). The highest BCUT2D eigenvalue weighted by molar-refractivity contribution is 9.11. The molecule has 0 aliphatic rings. The largest absolute Gasteiger partial charge is 0.411 e. The third-order valence-corrected chi connectivity index (χ3v) is 12.2. The van der Waals surface area contributed by atoms with Gasteiger partial charge in [-0.2, -0.15) is 0 Å². The van der Waals surface area contributed by atoms with Gasteiger partial charge in [0.25, 0.3) is 0 Å². The third-order valence-electron chi connectivity index (χ3n) is 5.67. The molecule has 1 heterocycles. The van der Waals surface area contributed by atoms with Gasteiger partial charge in [0.1, 0.15) is 0 Å². The van der Waals surface area contributed by atoms with E-state index in [1.165, 1.54) is 32.4 Å². The van der Waals surface area contributed by atoms with Crippen molar-refractivity contribution in [1.29, 1.82) is 0 Å². The van der Waals surface area contributed by atoms with E-state index in [0.717, 1.165) is 25.7 Å². The van der Waals surface area contributed by atoms with E-state index in [1.807, 2.05) is 11.3 Å². The van der Waals surface area contributed by atoms with Crippen LogP contribution in [0.4, 0.5) is 0 Å². The molecule has 0 bridgehead atoms. The van der Waals surface area contributed by atoms with Crippen molar-refractivity contribution in [1.82, 2.24) is 0 Å². The number of thiophene rings is 1. The van der Waals surface area contributed by atoms with Crippen LogP contribution in [0.25, 0.3) is 5.57 Å². The summed E-state index contributed by atoms with van der Waals surface area (Å²) in [7, 11) is -1.56. The molecule has 0 atom stereocenters. The van der Waals surface area contributed by atoms with Crippen LogP contribution in [0.2, 0.25) is 18.1 Å². The van der Waals surface area contributed by atoms with E-state index in [0.29, 0.717) is 0 Å². The maximum Gasteiger partial charge on any atom is 0.192 e. The summed E-state index contributed by atoms with van der Waals surface area (Å²) in [6.45, 7) is 13.8. The van der Waals surface area contributed by atoms with Crippen LogP contribution in [-0.4, -0.2) is 13.9 Å². The maximum absolute atomic E-state index is 6.97. The number of hydrogen-bond donors (Lipinski definition) is 0. The highest BCUT2D eigenvalue weighted by Gasteiger charge is 2.38. The fourth-order valence-electron chi connectivity index (χ4n) is 3.40. The summed E-state index contributed by atoms with van der Waals surface area (Å²) in [5.74, 6) is 0. The van der Waals surface area contributed by atoms with Crippen molar-refractivity contribution in [3.8, 4) is 0 Å². The van der Waals surface area contributed by atoms with Gasteiger partial charge < -0.3 is 4.43 Å². The molecule has 24 heavy (non-hydrogen) atoms. The molecule has 0 saturated heterocycles. The minimum absolute atomic E-state index is 0.0705. The van der Waals surface area contributed by atoms with E-state index in [-0.39, 0.29) is 5.60 Å². The molecular formula is C20H35BrOSSi. The molecule has 0 fully saturated rings. The summed E-state index contributed by atoms with van der Waals surface area (Å²) < 4.78 is 8.17. The summed E-state index contributed by atoms with van der Waals surface area (Å²) >= 11 is 5.37. The van der Waals surface area contributed by atoms with Crippen LogP contribution in [0.1, 0.15) is 72.1 Å². The predicted octanol–water partition coefficient (Wildman–Crippen LogP) is 8.27. The summed E-state index contributed by atoms with van der Waals surface area (Å²) in [6.07, 6.45) is 6.88. The molecule has 0 aliphatic carbocycles. The van der Waals surface area contributed by atoms with Crippen LogP contribution in [0.3, 0.4) is 0 Å². The lowest BCUT2D eigenvalue weighted by molar-refractivity contribution is 0.0397. The van der Waals surface area contributed by atoms with Crippen LogP contribution in [0.5, 0.6) is 0 Å². The summed E-state index contributed by atoms with van der Waals surface area (Å²) in [5.41, 5.74) is 1.46. The Hall–Kier alpha value is 0.0969. The monoisotopic (exact) mass is 430 g/mol. The molecule has 0 N–H and O–H groups in total. The van der Waals surface area contributed by atoms with Gasteiger partial charge in [-0.15, -0.1) is 11.3 Å². The average Bonchev–Trinajstić information content (AvgIpc) is 3.05. The van der Waals surface area contributed by atoms with E-state index in [4.69, 9.17) is 4.43 Å². The lowest BCUT2D eigenvalue weighted by Crippen LogP contribution is -2.46. The van der Waals surface area contributed by atoms with Crippen LogP contribution < -0.4 is 0 Å². The lowest BCUT2D eigenvalue weighted by atomic mass is 9.91. The van der Waals surface area contributed by atoms with Crippen molar-refractivity contribution in [3.05, 3.63) is 26.9 Å². The van der Waals surface area contributed by atoms with Crippen molar-refractivity contribution in [2.75, 3.05) is 0 Å². The Bertz CT molecular complexity index is 507. The van der Waals surface area contributed by atoms with E-state index < -0.39 is 8.32 Å². The average molecular weight is 432 g/mol. The van der Waals surface area contributed by atoms with Gasteiger partial charge in [0.2, 0.25) is 0 Å². The molecular weight excluding hydrogens is 396 g/mol. The maximum atomic E-state index is 6.97. The minimum Gasteiger partial charge on any atom is -0.411 e. The number of halogens is 1. The van der Waals surface area contributed by atoms with Crippen molar-refractivity contribution in [3.63, 3.8) is 0 Å². The van der Waals surface area contributed by atoms with Crippen molar-refractivity contribution < 1.29 is 4.43 Å². The molecule has 0 aliphatic heterocycles. The first-order valence-corrected chi connectivity index (χ1v) is 13.7. The molecule has 0 aromatic carbocycles. The summed E-state index contributed by atoms with van der Waals surface area (Å²) in [4.78, 5) is 1.36. The molecule has 1 nitrogen and oxygen atoms in total. The molecule has 0 radical (unpaired) electrons. The van der Waals surface area contributed by atoms with Gasteiger partial charge in [-0.25, -0.2) is 0 Å². The normalized spacial score (nSPS) is 13.5. The fraction of sp³-hybridized carbons (Fsp3) is 0.700. The van der Waals surface area contributed by atoms with Crippen molar-refractivity contribution >= 4 is 41.2 Å². The number of allylic oxidation sites excluding steroid dienone is 2. The smallest absolute Gasteiger partial charge is 0.192 e. The number of hydrogen-bond acceptors (Lipinski definition) is 2. The molecule has 138 valence electrons. The first-order chi connectivity index (χ1) is 11.4. The van der Waals surface area contributed by atoms with E-state index in [1.54, 1.807) is 0 Å². The van der Waals surface area contributed by atoms with Gasteiger partial charge in [0, 0.05) is 4.88 Å². The van der Waals surface area contributed by atoms with Gasteiger partial charge in [-0.05, 0) is 84.4 Å². The molecule has 0 unspecified atom stereocenters. The predicted molar refractivity (Wildman–Crippen MR) is 116 cm³/mol. The molecule has 0 amide bonds. The van der Waals surface area contributed by atoms with Crippen molar-refractivity contribution in [2.24, 2.45) is 0 Å². The first kappa shape index (κ1) is 22.1. The second-order valence-corrected chi connectivity index (χ2v) is 13.9. The molecule has 1 aromatic heterocycles. The highest BCUT2D eigenvalue weighted by atomic mass is 79.9. The van der Waals surface area contributed by atoms with Gasteiger partial charge in [-0.3, -0.25) is 0 Å². The van der Waals surface area contributed by atoms with E-state index >= 15 is 0 Å². The lowest BCUT2D eigenvalue weighted by Gasteiger charge is -2.42. The first-order valence-electron chi connectivity index (χ1n) is 9.52. The van der Waals surface area contributed by atoms with Crippen LogP contribution in [-0.2, 0) is 4.43 Å². The van der Waals surface area contributed by atoms with Gasteiger partial charge in [0.05, 0.1) is 9.39 Å². The fourth-order valence-corrected chi connectivity index (χ4v) is 8.03. The Morgan fingerprint density at radius 2 is 1.71 bits per heavy atom. The van der Waals surface area contributed by atoms with Crippen LogP contribution in [0, 0.1) is 0 Å². The standard InChI is InChI=1S/C20H35BrOSSi/c1-7-20(8-2,22-24(9-3,10-4)11-5)16-12-13-17(6)18-14-15-19(21)23-18/h13-15H,7-12,16H2,1-6H3/b17-13+. The van der Waals surface area contributed by atoms with Crippen molar-refractivity contribution in [2.45, 2.75) is 91.0 Å². The molecule has 1 aromatic rings. The van der Waals surface area contributed by atoms with Gasteiger partial charge in [0.15, 0.2) is 8.32 Å². The van der Waals surface area contributed by atoms with E-state index in [2.05, 4.69) is 75.7 Å². The SMILES string of the molecule is CCC(CC)(CC/C=C(\C)c1ccc(Br)s1)O[Si](CC)(CC)CC. The second kappa shape index (κ2) is 10.3. The minimum atomic E-state index is -1.56. The van der Waals surface area contributed by atoms with Crippen LogP contribution in [0.15, 0.2) is 22.0 Å². The number of rotatable bonds is 11. The topological polar surface area (TPSA) is 9.23 Å². The summed E-state index contributed by atoms with van der Waals surface area (Å²) in [6, 6.07) is 8.04. The Kier molecular flexibility index (Phi) is 9.50. The van der Waals surface area contributed by atoms with Gasteiger partial charge >= 0.3 is 0 Å². The third kappa shape index (κ3) is 5.82. The quantitative estimate of drug-likeness (QED) is 0.320. The Morgan fingerprint density at radius 1 is 1.12 bits per heavy atom. The molecule has 0 saturated carbocycles. The second-order valence-electron chi connectivity index (χ2n) is 6.77. The highest BCUT2D eigenvalue weighted by Crippen LogP contribution is 2.36. The molecule has 4 heteroatoms. The van der Waals surface area contributed by atoms with E-state index in [9.17, 15) is 0 Å². The zero-order valence-electron chi connectivity index (χ0n) is 16.4. The zero-order chi connectivity index (χ0) is 18.2. The van der Waals surface area contributed by atoms with Gasteiger partial charge in [-0.1, -0.05) is 40.7 Å².